The smallest absolute Gasteiger partial charge is 0.318 e. The summed E-state index contributed by atoms with van der Waals surface area (Å²) in [5.41, 5.74) is 0. The highest BCUT2D eigenvalue weighted by atomic mass is 16.3. The molecule has 0 bridgehead atoms. The Morgan fingerprint density at radius 2 is 2.40 bits per heavy atom. The fourth-order valence-corrected chi connectivity index (χ4v) is 2.37. The molecule has 0 spiro atoms. The lowest BCUT2D eigenvalue weighted by Crippen LogP contribution is -2.46. The lowest BCUT2D eigenvalue weighted by atomic mass is 10.1. The quantitative estimate of drug-likeness (QED) is 0.809. The second kappa shape index (κ2) is 6.51. The van der Waals surface area contributed by atoms with Crippen LogP contribution in [-0.4, -0.2) is 23.0 Å². The van der Waals surface area contributed by atoms with Gasteiger partial charge in [0.05, 0.1) is 12.3 Å². The van der Waals surface area contributed by atoms with Crippen LogP contribution in [0.2, 0.25) is 0 Å². The van der Waals surface area contributed by atoms with Gasteiger partial charge in [0.15, 0.2) is 0 Å². The van der Waals surface area contributed by atoms with Crippen LogP contribution in [0, 0.1) is 12.3 Å². The van der Waals surface area contributed by atoms with E-state index < -0.39 is 0 Å². The monoisotopic (exact) mass is 274 g/mol. The molecule has 0 unspecified atom stereocenters. The van der Waals surface area contributed by atoms with E-state index in [0.717, 1.165) is 25.0 Å². The van der Waals surface area contributed by atoms with Gasteiger partial charge in [-0.25, -0.2) is 4.79 Å². The van der Waals surface area contributed by atoms with E-state index in [1.54, 1.807) is 6.26 Å². The molecule has 2 amide bonds. The summed E-state index contributed by atoms with van der Waals surface area (Å²) in [6.07, 6.45) is 10.5. The summed E-state index contributed by atoms with van der Waals surface area (Å²) in [7, 11) is 0. The lowest BCUT2D eigenvalue weighted by Gasteiger charge is -2.30. The second-order valence-electron chi connectivity index (χ2n) is 5.29. The first-order valence-corrected chi connectivity index (χ1v) is 7.23. The number of furan rings is 1. The molecule has 2 atom stereocenters. The summed E-state index contributed by atoms with van der Waals surface area (Å²) in [4.78, 5) is 14.4. The van der Waals surface area contributed by atoms with Crippen LogP contribution in [0.5, 0.6) is 0 Å². The number of rotatable bonds is 6. The Bertz CT molecular complexity index is 471. The Balaban J connectivity index is 2.05. The molecule has 0 aromatic carbocycles. The van der Waals surface area contributed by atoms with Gasteiger partial charge in [-0.15, -0.1) is 12.3 Å². The van der Waals surface area contributed by atoms with Crippen molar-refractivity contribution in [1.29, 1.82) is 0 Å². The summed E-state index contributed by atoms with van der Waals surface area (Å²) in [6.45, 7) is 4.03. The molecule has 0 saturated heterocycles. The highest BCUT2D eigenvalue weighted by Gasteiger charge is 2.37. The molecule has 1 fully saturated rings. The second-order valence-corrected chi connectivity index (χ2v) is 5.29. The van der Waals surface area contributed by atoms with E-state index in [0.29, 0.717) is 12.5 Å². The molecule has 0 aliphatic heterocycles. The molecule has 0 radical (unpaired) electrons. The third-order valence-corrected chi connectivity index (χ3v) is 3.73. The Kier molecular flexibility index (Phi) is 4.73. The number of hydrogen-bond donors (Lipinski definition) is 1. The molecule has 1 aliphatic carbocycles. The van der Waals surface area contributed by atoms with Gasteiger partial charge in [-0.1, -0.05) is 6.92 Å². The largest absolute Gasteiger partial charge is 0.467 e. The minimum Gasteiger partial charge on any atom is -0.467 e. The Hall–Kier alpha value is -1.89. The predicted octanol–water partition coefficient (Wildman–Crippen LogP) is 3.32. The van der Waals surface area contributed by atoms with Crippen LogP contribution < -0.4 is 5.32 Å². The zero-order valence-electron chi connectivity index (χ0n) is 12.1. The lowest BCUT2D eigenvalue weighted by molar-refractivity contribution is 0.162. The van der Waals surface area contributed by atoms with Gasteiger partial charge in [-0.2, -0.15) is 0 Å². The van der Waals surface area contributed by atoms with Gasteiger partial charge in [-0.3, -0.25) is 0 Å². The first kappa shape index (κ1) is 14.5. The van der Waals surface area contributed by atoms with E-state index in [4.69, 9.17) is 10.8 Å². The fourth-order valence-electron chi connectivity index (χ4n) is 2.37. The topological polar surface area (TPSA) is 45.5 Å². The van der Waals surface area contributed by atoms with Crippen LogP contribution in [-0.2, 0) is 0 Å². The van der Waals surface area contributed by atoms with Crippen molar-refractivity contribution in [2.45, 2.75) is 57.7 Å². The molecule has 20 heavy (non-hydrogen) atoms. The van der Waals surface area contributed by atoms with Crippen LogP contribution in [0.1, 0.15) is 51.3 Å². The summed E-state index contributed by atoms with van der Waals surface area (Å²) in [5.74, 6) is 3.43. The van der Waals surface area contributed by atoms with Crippen molar-refractivity contribution in [2.75, 3.05) is 0 Å². The molecule has 2 rings (SSSR count). The molecule has 1 saturated carbocycles. The first-order chi connectivity index (χ1) is 9.67. The van der Waals surface area contributed by atoms with E-state index in [2.05, 4.69) is 11.2 Å². The first-order valence-electron chi connectivity index (χ1n) is 7.23. The number of urea groups is 1. The molecular formula is C16H22N2O2. The minimum atomic E-state index is -0.0548. The van der Waals surface area contributed by atoms with Crippen molar-refractivity contribution in [3.05, 3.63) is 24.2 Å². The number of amides is 2. The van der Waals surface area contributed by atoms with Crippen molar-refractivity contribution < 1.29 is 9.21 Å². The summed E-state index contributed by atoms with van der Waals surface area (Å²) in [5, 5.41) is 3.03. The van der Waals surface area contributed by atoms with Gasteiger partial charge in [0.2, 0.25) is 0 Å². The van der Waals surface area contributed by atoms with E-state index in [-0.39, 0.29) is 18.1 Å². The van der Waals surface area contributed by atoms with Crippen molar-refractivity contribution in [1.82, 2.24) is 10.2 Å². The molecule has 4 heteroatoms. The number of nitrogens with zero attached hydrogens (tertiary/aromatic N) is 1. The highest BCUT2D eigenvalue weighted by Crippen LogP contribution is 2.34. The van der Waals surface area contributed by atoms with Crippen molar-refractivity contribution in [2.24, 2.45) is 0 Å². The number of carbonyl (C=O) groups excluding carboxylic acids is 1. The molecule has 1 N–H and O–H groups in total. The van der Waals surface area contributed by atoms with Crippen LogP contribution >= 0.6 is 0 Å². The van der Waals surface area contributed by atoms with Gasteiger partial charge in [0, 0.05) is 18.5 Å². The maximum absolute atomic E-state index is 12.5. The summed E-state index contributed by atoms with van der Waals surface area (Å²) >= 11 is 0. The normalized spacial score (nSPS) is 17.1. The zero-order valence-corrected chi connectivity index (χ0v) is 12.1. The SMILES string of the molecule is C#CC[C@H](CC)NC(=O)N(C1CC1)[C@@H](C)c1ccco1. The van der Waals surface area contributed by atoms with Crippen molar-refractivity contribution >= 4 is 6.03 Å². The van der Waals surface area contributed by atoms with Gasteiger partial charge in [-0.05, 0) is 38.3 Å². The van der Waals surface area contributed by atoms with Crippen molar-refractivity contribution in [3.63, 3.8) is 0 Å². The molecule has 1 heterocycles. The van der Waals surface area contributed by atoms with Gasteiger partial charge < -0.3 is 14.6 Å². The van der Waals surface area contributed by atoms with Crippen LogP contribution in [0.15, 0.2) is 22.8 Å². The Labute approximate surface area is 120 Å². The maximum Gasteiger partial charge on any atom is 0.318 e. The van der Waals surface area contributed by atoms with Crippen LogP contribution in [0.25, 0.3) is 0 Å². The number of carbonyl (C=O) groups is 1. The van der Waals surface area contributed by atoms with E-state index in [1.165, 1.54) is 0 Å². The van der Waals surface area contributed by atoms with E-state index in [1.807, 2.05) is 30.9 Å². The molecule has 1 aliphatic rings. The average molecular weight is 274 g/mol. The predicted molar refractivity (Wildman–Crippen MR) is 78.0 cm³/mol. The summed E-state index contributed by atoms with van der Waals surface area (Å²) < 4.78 is 5.43. The third kappa shape index (κ3) is 3.36. The Morgan fingerprint density at radius 1 is 1.65 bits per heavy atom. The summed E-state index contributed by atoms with van der Waals surface area (Å²) in [6, 6.07) is 4.02. The molecule has 1 aromatic heterocycles. The number of hydrogen-bond acceptors (Lipinski definition) is 2. The maximum atomic E-state index is 12.5. The van der Waals surface area contributed by atoms with Crippen LogP contribution in [0.3, 0.4) is 0 Å². The average Bonchev–Trinajstić information content (AvgIpc) is 3.10. The molecule has 108 valence electrons. The fraction of sp³-hybridized carbons (Fsp3) is 0.562. The third-order valence-electron chi connectivity index (χ3n) is 3.73. The number of terminal acetylenes is 1. The highest BCUT2D eigenvalue weighted by molar-refractivity contribution is 5.75. The van der Waals surface area contributed by atoms with E-state index >= 15 is 0 Å². The van der Waals surface area contributed by atoms with Crippen LogP contribution in [0.4, 0.5) is 4.79 Å². The van der Waals surface area contributed by atoms with Gasteiger partial charge in [0.25, 0.3) is 0 Å². The van der Waals surface area contributed by atoms with E-state index in [9.17, 15) is 4.79 Å². The minimum absolute atomic E-state index is 0.0394. The number of nitrogens with one attached hydrogen (secondary N) is 1. The van der Waals surface area contributed by atoms with Gasteiger partial charge >= 0.3 is 6.03 Å². The van der Waals surface area contributed by atoms with Crippen molar-refractivity contribution in [3.8, 4) is 12.3 Å². The van der Waals surface area contributed by atoms with Gasteiger partial charge in [0.1, 0.15) is 5.76 Å². The molecular weight excluding hydrogens is 252 g/mol. The molecule has 4 nitrogen and oxygen atoms in total. The molecule has 1 aromatic rings. The standard InChI is InChI=1S/C16H22N2O2/c1-4-7-13(5-2)17-16(19)18(14-9-10-14)12(3)15-8-6-11-20-15/h1,6,8,11-14H,5,7,9-10H2,2-3H3,(H,17,19)/t12-,13-/m0/s1. The zero-order chi connectivity index (χ0) is 14.5. The Morgan fingerprint density at radius 3 is 2.90 bits per heavy atom.